The first-order valence-corrected chi connectivity index (χ1v) is 7.35. The zero-order chi connectivity index (χ0) is 13.7. The largest absolute Gasteiger partial charge is 0.385 e. The summed E-state index contributed by atoms with van der Waals surface area (Å²) in [7, 11) is 3.84. The fourth-order valence-corrected chi connectivity index (χ4v) is 2.80. The molecule has 0 aromatic heterocycles. The molecule has 5 nitrogen and oxygen atoms in total. The predicted molar refractivity (Wildman–Crippen MR) is 75.2 cm³/mol. The van der Waals surface area contributed by atoms with Crippen molar-refractivity contribution in [3.63, 3.8) is 0 Å². The van der Waals surface area contributed by atoms with E-state index >= 15 is 0 Å². The lowest BCUT2D eigenvalue weighted by Crippen LogP contribution is -2.50. The van der Waals surface area contributed by atoms with Gasteiger partial charge in [-0.15, -0.1) is 0 Å². The molecule has 2 aliphatic rings. The molecular formula is C14H27N3O2. The van der Waals surface area contributed by atoms with E-state index in [9.17, 15) is 4.79 Å². The number of hydrogen-bond donors (Lipinski definition) is 2. The van der Waals surface area contributed by atoms with Crippen LogP contribution < -0.4 is 10.6 Å². The van der Waals surface area contributed by atoms with Gasteiger partial charge in [0, 0.05) is 32.8 Å². The number of hydrogen-bond acceptors (Lipinski definition) is 3. The summed E-state index contributed by atoms with van der Waals surface area (Å²) in [5.41, 5.74) is 0.316. The minimum Gasteiger partial charge on any atom is -0.385 e. The summed E-state index contributed by atoms with van der Waals surface area (Å²) in [5.74, 6) is 0. The van der Waals surface area contributed by atoms with Crippen LogP contribution in [0.15, 0.2) is 0 Å². The molecular weight excluding hydrogens is 242 g/mol. The standard InChI is InChI=1S/C14H27N3O2/c1-17-8-3-4-12(10-17)16-13(18)15-11-14(5-6-14)7-9-19-2/h12H,3-11H2,1-2H3,(H2,15,16,18)/t12-/m1/s1. The summed E-state index contributed by atoms with van der Waals surface area (Å²) in [6.45, 7) is 3.67. The monoisotopic (exact) mass is 269 g/mol. The number of likely N-dealkylation sites (N-methyl/N-ethyl adjacent to an activating group) is 1. The first-order valence-electron chi connectivity index (χ1n) is 7.35. The molecule has 2 fully saturated rings. The molecule has 0 aromatic carbocycles. The highest BCUT2D eigenvalue weighted by molar-refractivity contribution is 5.74. The Morgan fingerprint density at radius 3 is 2.89 bits per heavy atom. The number of carbonyl (C=O) groups excluding carboxylic acids is 1. The molecule has 0 radical (unpaired) electrons. The van der Waals surface area contributed by atoms with Crippen LogP contribution in [0.3, 0.4) is 0 Å². The van der Waals surface area contributed by atoms with Crippen LogP contribution in [0.4, 0.5) is 4.79 Å². The van der Waals surface area contributed by atoms with Crippen LogP contribution in [0.2, 0.25) is 0 Å². The number of ether oxygens (including phenoxy) is 1. The molecule has 0 bridgehead atoms. The van der Waals surface area contributed by atoms with E-state index in [1.54, 1.807) is 7.11 Å². The van der Waals surface area contributed by atoms with Crippen LogP contribution in [-0.4, -0.2) is 57.4 Å². The molecule has 1 atom stereocenters. The second-order valence-electron chi connectivity index (χ2n) is 6.17. The summed E-state index contributed by atoms with van der Waals surface area (Å²) in [6.07, 6.45) is 5.73. The second kappa shape index (κ2) is 6.57. The quantitative estimate of drug-likeness (QED) is 0.762. The van der Waals surface area contributed by atoms with Crippen LogP contribution in [0.1, 0.15) is 32.1 Å². The van der Waals surface area contributed by atoms with Crippen molar-refractivity contribution in [2.75, 3.05) is 40.4 Å². The smallest absolute Gasteiger partial charge is 0.315 e. The van der Waals surface area contributed by atoms with Gasteiger partial charge in [0.05, 0.1) is 0 Å². The molecule has 1 aliphatic heterocycles. The Hall–Kier alpha value is -0.810. The van der Waals surface area contributed by atoms with E-state index in [0.29, 0.717) is 11.5 Å². The molecule has 19 heavy (non-hydrogen) atoms. The molecule has 1 saturated heterocycles. The third kappa shape index (κ3) is 4.66. The average Bonchev–Trinajstić information content (AvgIpc) is 3.15. The molecule has 0 unspecified atom stereocenters. The van der Waals surface area contributed by atoms with Crippen LogP contribution in [-0.2, 0) is 4.74 Å². The van der Waals surface area contributed by atoms with Crippen LogP contribution in [0.5, 0.6) is 0 Å². The summed E-state index contributed by atoms with van der Waals surface area (Å²) in [5, 5.41) is 6.12. The number of methoxy groups -OCH3 is 1. The molecule has 1 saturated carbocycles. The zero-order valence-electron chi connectivity index (χ0n) is 12.2. The lowest BCUT2D eigenvalue weighted by atomic mass is 10.0. The highest BCUT2D eigenvalue weighted by Crippen LogP contribution is 2.48. The fourth-order valence-electron chi connectivity index (χ4n) is 2.80. The normalized spacial score (nSPS) is 25.9. The van der Waals surface area contributed by atoms with Crippen LogP contribution in [0.25, 0.3) is 0 Å². The van der Waals surface area contributed by atoms with Gasteiger partial charge in [0.2, 0.25) is 0 Å². The van der Waals surface area contributed by atoms with E-state index < -0.39 is 0 Å². The Balaban J connectivity index is 1.64. The van der Waals surface area contributed by atoms with Gasteiger partial charge in [-0.05, 0) is 51.1 Å². The highest BCUT2D eigenvalue weighted by atomic mass is 16.5. The van der Waals surface area contributed by atoms with E-state index in [1.807, 2.05) is 0 Å². The van der Waals surface area contributed by atoms with Crippen molar-refractivity contribution in [2.24, 2.45) is 5.41 Å². The van der Waals surface area contributed by atoms with Crippen molar-refractivity contribution < 1.29 is 9.53 Å². The Morgan fingerprint density at radius 1 is 1.47 bits per heavy atom. The number of piperidine rings is 1. The van der Waals surface area contributed by atoms with Gasteiger partial charge in [-0.25, -0.2) is 4.79 Å². The van der Waals surface area contributed by atoms with Crippen molar-refractivity contribution in [1.82, 2.24) is 15.5 Å². The molecule has 1 heterocycles. The van der Waals surface area contributed by atoms with Crippen LogP contribution in [0, 0.1) is 5.41 Å². The summed E-state index contributed by atoms with van der Waals surface area (Å²) < 4.78 is 5.12. The SMILES string of the molecule is COCCC1(CNC(=O)N[C@@H]2CCCN(C)C2)CC1. The predicted octanol–water partition coefficient (Wildman–Crippen LogP) is 1.20. The first-order chi connectivity index (χ1) is 9.13. The zero-order valence-corrected chi connectivity index (χ0v) is 12.2. The van der Waals surface area contributed by atoms with Gasteiger partial charge in [0.15, 0.2) is 0 Å². The number of rotatable bonds is 6. The Morgan fingerprint density at radius 2 is 2.26 bits per heavy atom. The minimum absolute atomic E-state index is 0.0102. The van der Waals surface area contributed by atoms with Gasteiger partial charge in [-0.3, -0.25) is 0 Å². The molecule has 2 rings (SSSR count). The maximum Gasteiger partial charge on any atom is 0.315 e. The fraction of sp³-hybridized carbons (Fsp3) is 0.929. The van der Waals surface area contributed by atoms with Gasteiger partial charge >= 0.3 is 6.03 Å². The third-order valence-electron chi connectivity index (χ3n) is 4.38. The van der Waals surface area contributed by atoms with Crippen LogP contribution >= 0.6 is 0 Å². The van der Waals surface area contributed by atoms with Crippen molar-refractivity contribution in [3.05, 3.63) is 0 Å². The van der Waals surface area contributed by atoms with E-state index in [4.69, 9.17) is 4.74 Å². The molecule has 2 N–H and O–H groups in total. The summed E-state index contributed by atoms with van der Waals surface area (Å²) >= 11 is 0. The van der Waals surface area contributed by atoms with E-state index in [0.717, 1.165) is 39.1 Å². The van der Waals surface area contributed by atoms with Gasteiger partial charge in [0.25, 0.3) is 0 Å². The Labute approximate surface area is 116 Å². The van der Waals surface area contributed by atoms with Gasteiger partial charge < -0.3 is 20.3 Å². The molecule has 1 aliphatic carbocycles. The van der Waals surface area contributed by atoms with Crippen molar-refractivity contribution in [3.8, 4) is 0 Å². The number of nitrogens with zero attached hydrogens (tertiary/aromatic N) is 1. The topological polar surface area (TPSA) is 53.6 Å². The number of nitrogens with one attached hydrogen (secondary N) is 2. The van der Waals surface area contributed by atoms with Crippen molar-refractivity contribution >= 4 is 6.03 Å². The number of urea groups is 1. The van der Waals surface area contributed by atoms with E-state index in [1.165, 1.54) is 19.3 Å². The lowest BCUT2D eigenvalue weighted by molar-refractivity contribution is 0.170. The third-order valence-corrected chi connectivity index (χ3v) is 4.38. The van der Waals surface area contributed by atoms with Gasteiger partial charge in [-0.1, -0.05) is 0 Å². The molecule has 0 aromatic rings. The highest BCUT2D eigenvalue weighted by Gasteiger charge is 2.42. The summed E-state index contributed by atoms with van der Waals surface area (Å²) in [4.78, 5) is 14.2. The maximum absolute atomic E-state index is 11.9. The van der Waals surface area contributed by atoms with Crippen molar-refractivity contribution in [1.29, 1.82) is 0 Å². The maximum atomic E-state index is 11.9. The first kappa shape index (κ1) is 14.6. The van der Waals surface area contributed by atoms with E-state index in [2.05, 4.69) is 22.6 Å². The molecule has 110 valence electrons. The Kier molecular flexibility index (Phi) is 5.05. The van der Waals surface area contributed by atoms with Gasteiger partial charge in [-0.2, -0.15) is 0 Å². The number of amides is 2. The Bertz CT molecular complexity index is 305. The number of carbonyl (C=O) groups is 1. The second-order valence-corrected chi connectivity index (χ2v) is 6.17. The van der Waals surface area contributed by atoms with Crippen molar-refractivity contribution in [2.45, 2.75) is 38.1 Å². The number of likely N-dealkylation sites (tertiary alicyclic amines) is 1. The lowest BCUT2D eigenvalue weighted by Gasteiger charge is -2.30. The van der Waals surface area contributed by atoms with Gasteiger partial charge in [0.1, 0.15) is 0 Å². The molecule has 2 amide bonds. The summed E-state index contributed by atoms with van der Waals surface area (Å²) in [6, 6.07) is 0.289. The minimum atomic E-state index is -0.0102. The molecule has 5 heteroatoms. The average molecular weight is 269 g/mol. The van der Waals surface area contributed by atoms with E-state index in [-0.39, 0.29) is 6.03 Å². The molecule has 0 spiro atoms.